The maximum Gasteiger partial charge on any atom is 0.255 e. The molecule has 0 spiro atoms. The van der Waals surface area contributed by atoms with Gasteiger partial charge >= 0.3 is 0 Å². The lowest BCUT2D eigenvalue weighted by Gasteiger charge is -2.31. The fraction of sp³-hybridized carbons (Fsp3) is 0.200. The Labute approximate surface area is 172 Å². The van der Waals surface area contributed by atoms with Crippen molar-refractivity contribution in [2.24, 2.45) is 0 Å². The Morgan fingerprint density at radius 1 is 1.18 bits per heavy atom. The smallest absolute Gasteiger partial charge is 0.255 e. The molecule has 1 amide bonds. The number of hydrogen-bond donors (Lipinski definition) is 3. The molecule has 2 heterocycles. The summed E-state index contributed by atoms with van der Waals surface area (Å²) in [5.74, 6) is 1.07. The van der Waals surface area contributed by atoms with Crippen LogP contribution in [0.5, 0.6) is 11.5 Å². The van der Waals surface area contributed by atoms with Crippen molar-refractivity contribution in [1.82, 2.24) is 10.6 Å². The summed E-state index contributed by atoms with van der Waals surface area (Å²) in [7, 11) is 0. The molecule has 4 rings (SSSR count). The average molecular weight is 416 g/mol. The Hall–Kier alpha value is -2.77. The van der Waals surface area contributed by atoms with Gasteiger partial charge in [0, 0.05) is 5.70 Å². The molecule has 2 aromatic rings. The third kappa shape index (κ3) is 3.63. The summed E-state index contributed by atoms with van der Waals surface area (Å²) in [6, 6.07) is 12.3. The summed E-state index contributed by atoms with van der Waals surface area (Å²) >= 11 is 11.5. The quantitative estimate of drug-likeness (QED) is 0.666. The number of amides is 1. The van der Waals surface area contributed by atoms with Gasteiger partial charge in [0.2, 0.25) is 0 Å². The first-order valence-electron chi connectivity index (χ1n) is 8.76. The van der Waals surface area contributed by atoms with Crippen LogP contribution < -0.4 is 25.4 Å². The lowest BCUT2D eigenvalue weighted by Crippen LogP contribution is -2.45. The number of carbonyl (C=O) groups is 1. The van der Waals surface area contributed by atoms with E-state index in [1.54, 1.807) is 12.1 Å². The van der Waals surface area contributed by atoms with Crippen LogP contribution in [0.25, 0.3) is 0 Å². The number of halogens is 1. The summed E-state index contributed by atoms with van der Waals surface area (Å²) in [4.78, 5) is 13.1. The van der Waals surface area contributed by atoms with E-state index < -0.39 is 6.04 Å². The average Bonchev–Trinajstić information content (AvgIpc) is 2.68. The van der Waals surface area contributed by atoms with E-state index in [1.807, 2.05) is 37.3 Å². The maximum atomic E-state index is 13.1. The lowest BCUT2D eigenvalue weighted by molar-refractivity contribution is -0.113. The number of anilines is 1. The second kappa shape index (κ2) is 7.69. The van der Waals surface area contributed by atoms with Crippen molar-refractivity contribution in [3.05, 3.63) is 64.3 Å². The monoisotopic (exact) mass is 415 g/mol. The van der Waals surface area contributed by atoms with Crippen molar-refractivity contribution in [2.75, 3.05) is 18.5 Å². The number of ether oxygens (including phenoxy) is 2. The first-order chi connectivity index (χ1) is 13.5. The Morgan fingerprint density at radius 3 is 2.71 bits per heavy atom. The Bertz CT molecular complexity index is 992. The summed E-state index contributed by atoms with van der Waals surface area (Å²) < 4.78 is 11.3. The second-order valence-corrected chi connectivity index (χ2v) is 7.22. The van der Waals surface area contributed by atoms with Gasteiger partial charge in [0.1, 0.15) is 13.2 Å². The van der Waals surface area contributed by atoms with Gasteiger partial charge in [-0.1, -0.05) is 29.8 Å². The summed E-state index contributed by atoms with van der Waals surface area (Å²) in [5.41, 5.74) is 2.58. The predicted molar refractivity (Wildman–Crippen MR) is 112 cm³/mol. The molecule has 3 N–H and O–H groups in total. The minimum absolute atomic E-state index is 0.270. The Balaban J connectivity index is 1.69. The van der Waals surface area contributed by atoms with Crippen molar-refractivity contribution in [3.8, 4) is 11.5 Å². The van der Waals surface area contributed by atoms with Crippen LogP contribution in [0.2, 0.25) is 5.02 Å². The van der Waals surface area contributed by atoms with Crippen LogP contribution in [-0.4, -0.2) is 24.2 Å². The molecule has 1 atom stereocenters. The standard InChI is InChI=1S/C20H18ClN3O3S/c1-11-17(19(25)23-14-5-3-2-4-13(14)21)18(24-20(28)22-11)12-6-7-15-16(10-12)27-9-8-26-15/h2-7,10,18H,8-9H2,1H3,(H,23,25)(H2,22,24,28). The van der Waals surface area contributed by atoms with Crippen molar-refractivity contribution >= 4 is 40.5 Å². The second-order valence-electron chi connectivity index (χ2n) is 6.41. The largest absolute Gasteiger partial charge is 0.486 e. The third-order valence-corrected chi connectivity index (χ3v) is 5.08. The molecule has 6 nitrogen and oxygen atoms in total. The first-order valence-corrected chi connectivity index (χ1v) is 9.55. The molecule has 0 radical (unpaired) electrons. The highest BCUT2D eigenvalue weighted by Crippen LogP contribution is 2.36. The van der Waals surface area contributed by atoms with Gasteiger partial charge in [-0.3, -0.25) is 4.79 Å². The minimum Gasteiger partial charge on any atom is -0.486 e. The van der Waals surface area contributed by atoms with E-state index in [1.165, 1.54) is 0 Å². The molecule has 0 saturated heterocycles. The van der Waals surface area contributed by atoms with Gasteiger partial charge in [0.25, 0.3) is 5.91 Å². The molecule has 8 heteroatoms. The normalized spacial score (nSPS) is 18.2. The highest BCUT2D eigenvalue weighted by Gasteiger charge is 2.31. The number of thiocarbonyl (C=S) groups is 1. The fourth-order valence-electron chi connectivity index (χ4n) is 3.24. The number of nitrogens with one attached hydrogen (secondary N) is 3. The number of benzene rings is 2. The number of para-hydroxylation sites is 1. The van der Waals surface area contributed by atoms with Crippen molar-refractivity contribution in [1.29, 1.82) is 0 Å². The zero-order valence-electron chi connectivity index (χ0n) is 15.0. The highest BCUT2D eigenvalue weighted by molar-refractivity contribution is 7.80. The number of allylic oxidation sites excluding steroid dienone is 1. The molecule has 1 unspecified atom stereocenters. The maximum absolute atomic E-state index is 13.1. The van der Waals surface area contributed by atoms with Crippen molar-refractivity contribution in [3.63, 3.8) is 0 Å². The van der Waals surface area contributed by atoms with E-state index in [9.17, 15) is 4.79 Å². The molecule has 2 aliphatic heterocycles. The summed E-state index contributed by atoms with van der Waals surface area (Å²) in [6.45, 7) is 2.83. The van der Waals surface area contributed by atoms with E-state index in [-0.39, 0.29) is 5.91 Å². The molecule has 0 fully saturated rings. The van der Waals surface area contributed by atoms with Gasteiger partial charge in [-0.15, -0.1) is 0 Å². The van der Waals surface area contributed by atoms with Crippen LogP contribution in [0.15, 0.2) is 53.7 Å². The lowest BCUT2D eigenvalue weighted by atomic mass is 9.94. The fourth-order valence-corrected chi connectivity index (χ4v) is 3.69. The Kier molecular flexibility index (Phi) is 5.11. The number of hydrogen-bond acceptors (Lipinski definition) is 4. The molecular weight excluding hydrogens is 398 g/mol. The van der Waals surface area contributed by atoms with Crippen LogP contribution >= 0.6 is 23.8 Å². The van der Waals surface area contributed by atoms with E-state index in [4.69, 9.17) is 33.3 Å². The van der Waals surface area contributed by atoms with Crippen LogP contribution in [0.4, 0.5) is 5.69 Å². The SMILES string of the molecule is CC1=C(C(=O)Nc2ccccc2Cl)C(c2ccc3c(c2)OCCO3)NC(=S)N1. The molecule has 0 aliphatic carbocycles. The molecule has 0 saturated carbocycles. The predicted octanol–water partition coefficient (Wildman–Crippen LogP) is 3.54. The van der Waals surface area contributed by atoms with Crippen LogP contribution in [0.1, 0.15) is 18.5 Å². The summed E-state index contributed by atoms with van der Waals surface area (Å²) in [6.07, 6.45) is 0. The van der Waals surface area contributed by atoms with Crippen LogP contribution in [0.3, 0.4) is 0 Å². The van der Waals surface area contributed by atoms with Gasteiger partial charge in [-0.05, 0) is 49.0 Å². The summed E-state index contributed by atoms with van der Waals surface area (Å²) in [5, 5.41) is 10.00. The Morgan fingerprint density at radius 2 is 1.93 bits per heavy atom. The zero-order chi connectivity index (χ0) is 19.7. The van der Waals surface area contributed by atoms with E-state index in [0.29, 0.717) is 51.8 Å². The molecule has 2 aliphatic rings. The van der Waals surface area contributed by atoms with Crippen LogP contribution in [0, 0.1) is 0 Å². The first kappa shape index (κ1) is 18.6. The zero-order valence-corrected chi connectivity index (χ0v) is 16.6. The molecule has 0 aromatic heterocycles. The van der Waals surface area contributed by atoms with Crippen molar-refractivity contribution < 1.29 is 14.3 Å². The van der Waals surface area contributed by atoms with Gasteiger partial charge in [0.05, 0.1) is 22.3 Å². The third-order valence-electron chi connectivity index (χ3n) is 4.54. The number of fused-ring (bicyclic) bond motifs is 1. The number of carbonyl (C=O) groups excluding carboxylic acids is 1. The van der Waals surface area contributed by atoms with Crippen LogP contribution in [-0.2, 0) is 4.79 Å². The van der Waals surface area contributed by atoms with Crippen molar-refractivity contribution in [2.45, 2.75) is 13.0 Å². The van der Waals surface area contributed by atoms with E-state index in [0.717, 1.165) is 5.56 Å². The molecule has 144 valence electrons. The highest BCUT2D eigenvalue weighted by atomic mass is 35.5. The van der Waals surface area contributed by atoms with Gasteiger partial charge < -0.3 is 25.4 Å². The molecule has 0 bridgehead atoms. The minimum atomic E-state index is -0.438. The topological polar surface area (TPSA) is 71.6 Å². The molecular formula is C20H18ClN3O3S. The van der Waals surface area contributed by atoms with Gasteiger partial charge in [0.15, 0.2) is 16.6 Å². The molecule has 2 aromatic carbocycles. The van der Waals surface area contributed by atoms with E-state index >= 15 is 0 Å². The molecule has 28 heavy (non-hydrogen) atoms. The van der Waals surface area contributed by atoms with E-state index in [2.05, 4.69) is 16.0 Å². The van der Waals surface area contributed by atoms with Gasteiger partial charge in [-0.2, -0.15) is 0 Å². The van der Waals surface area contributed by atoms with Gasteiger partial charge in [-0.25, -0.2) is 0 Å². The number of rotatable bonds is 3.